The first-order chi connectivity index (χ1) is 12.0. The van der Waals surface area contributed by atoms with Crippen molar-refractivity contribution in [1.29, 1.82) is 0 Å². The Morgan fingerprint density at radius 1 is 1.08 bits per heavy atom. The van der Waals surface area contributed by atoms with Crippen LogP contribution in [-0.4, -0.2) is 55.8 Å². The number of esters is 2. The SMILES string of the molecule is COC(=O)[C@@H](CCCC1(C(=O)OC)CN(C(=O)OC(C)(C)C)C1)C(C)C. The summed E-state index contributed by atoms with van der Waals surface area (Å²) in [6.07, 6.45) is 1.44. The number of rotatable bonds is 7. The van der Waals surface area contributed by atoms with Gasteiger partial charge in [-0.1, -0.05) is 20.3 Å². The third kappa shape index (κ3) is 5.61. The lowest BCUT2D eigenvalue weighted by atomic mass is 9.74. The van der Waals surface area contributed by atoms with Crippen LogP contribution < -0.4 is 0 Å². The van der Waals surface area contributed by atoms with E-state index < -0.39 is 17.1 Å². The lowest BCUT2D eigenvalue weighted by molar-refractivity contribution is -0.164. The number of carbonyl (C=O) groups is 3. The third-order valence-electron chi connectivity index (χ3n) is 4.74. The highest BCUT2D eigenvalue weighted by molar-refractivity contribution is 5.82. The van der Waals surface area contributed by atoms with Gasteiger partial charge in [0.2, 0.25) is 0 Å². The van der Waals surface area contributed by atoms with Crippen molar-refractivity contribution in [3.63, 3.8) is 0 Å². The second kappa shape index (κ2) is 8.73. The van der Waals surface area contributed by atoms with Crippen LogP contribution in [0.3, 0.4) is 0 Å². The summed E-state index contributed by atoms with van der Waals surface area (Å²) >= 11 is 0. The Hall–Kier alpha value is -1.79. The molecule has 0 aromatic heterocycles. The molecule has 0 unspecified atom stereocenters. The van der Waals surface area contributed by atoms with Crippen molar-refractivity contribution in [3.05, 3.63) is 0 Å². The largest absolute Gasteiger partial charge is 0.469 e. The molecule has 0 N–H and O–H groups in total. The molecule has 1 amide bonds. The zero-order valence-electron chi connectivity index (χ0n) is 17.1. The molecule has 0 aliphatic carbocycles. The predicted octanol–water partition coefficient (Wildman–Crippen LogP) is 3.01. The number of carbonyl (C=O) groups excluding carboxylic acids is 3. The number of amides is 1. The molecule has 150 valence electrons. The van der Waals surface area contributed by atoms with Gasteiger partial charge in [-0.05, 0) is 39.5 Å². The van der Waals surface area contributed by atoms with E-state index >= 15 is 0 Å². The summed E-state index contributed by atoms with van der Waals surface area (Å²) in [5.74, 6) is -0.583. The van der Waals surface area contributed by atoms with Crippen LogP contribution in [0.5, 0.6) is 0 Å². The molecule has 0 saturated carbocycles. The summed E-state index contributed by atoms with van der Waals surface area (Å²) in [6.45, 7) is 9.92. The van der Waals surface area contributed by atoms with Crippen LogP contribution in [0.2, 0.25) is 0 Å². The van der Waals surface area contributed by atoms with Gasteiger partial charge in [0.05, 0.1) is 20.1 Å². The van der Waals surface area contributed by atoms with Gasteiger partial charge < -0.3 is 19.1 Å². The molecule has 1 fully saturated rings. The number of likely N-dealkylation sites (tertiary alicyclic amines) is 1. The standard InChI is InChI=1S/C19H33NO6/c1-13(2)14(15(21)24-6)9-8-10-19(16(22)25-7)11-20(12-19)17(23)26-18(3,4)5/h13-14H,8-12H2,1-7H3/t14-/m0/s1. The highest BCUT2D eigenvalue weighted by atomic mass is 16.6. The average molecular weight is 371 g/mol. The fraction of sp³-hybridized carbons (Fsp3) is 0.842. The van der Waals surface area contributed by atoms with Gasteiger partial charge in [0.1, 0.15) is 11.0 Å². The molecule has 26 heavy (non-hydrogen) atoms. The topological polar surface area (TPSA) is 82.1 Å². The molecule has 1 aliphatic rings. The Morgan fingerprint density at radius 2 is 1.65 bits per heavy atom. The minimum absolute atomic E-state index is 0.163. The van der Waals surface area contributed by atoms with Gasteiger partial charge in [0, 0.05) is 13.1 Å². The fourth-order valence-corrected chi connectivity index (χ4v) is 3.28. The summed E-state index contributed by atoms with van der Waals surface area (Å²) in [5.41, 5.74) is -1.30. The minimum Gasteiger partial charge on any atom is -0.469 e. The summed E-state index contributed by atoms with van der Waals surface area (Å²) in [5, 5.41) is 0. The van der Waals surface area contributed by atoms with E-state index in [2.05, 4.69) is 0 Å². The van der Waals surface area contributed by atoms with E-state index in [1.54, 1.807) is 20.8 Å². The molecular weight excluding hydrogens is 338 g/mol. The van der Waals surface area contributed by atoms with E-state index in [1.165, 1.54) is 19.1 Å². The molecule has 1 atom stereocenters. The Morgan fingerprint density at radius 3 is 2.08 bits per heavy atom. The van der Waals surface area contributed by atoms with Gasteiger partial charge in [-0.2, -0.15) is 0 Å². The van der Waals surface area contributed by atoms with E-state index in [0.29, 0.717) is 19.3 Å². The third-order valence-corrected chi connectivity index (χ3v) is 4.74. The average Bonchev–Trinajstić information content (AvgIpc) is 2.49. The molecule has 1 rings (SSSR count). The first-order valence-electron chi connectivity index (χ1n) is 9.10. The van der Waals surface area contributed by atoms with Crippen LogP contribution in [0.1, 0.15) is 53.9 Å². The summed E-state index contributed by atoms with van der Waals surface area (Å²) < 4.78 is 15.2. The maximum absolute atomic E-state index is 12.3. The van der Waals surface area contributed by atoms with E-state index in [-0.39, 0.29) is 36.9 Å². The van der Waals surface area contributed by atoms with Crippen molar-refractivity contribution in [3.8, 4) is 0 Å². The lowest BCUT2D eigenvalue weighted by Gasteiger charge is -2.47. The van der Waals surface area contributed by atoms with Crippen molar-refractivity contribution in [1.82, 2.24) is 4.90 Å². The van der Waals surface area contributed by atoms with Gasteiger partial charge >= 0.3 is 18.0 Å². The van der Waals surface area contributed by atoms with Crippen LogP contribution in [-0.2, 0) is 23.8 Å². The zero-order valence-corrected chi connectivity index (χ0v) is 17.1. The number of hydrogen-bond donors (Lipinski definition) is 0. The molecular formula is C19H33NO6. The molecule has 0 aromatic carbocycles. The van der Waals surface area contributed by atoms with Crippen molar-refractivity contribution in [2.75, 3.05) is 27.3 Å². The Labute approximate surface area is 156 Å². The number of hydrogen-bond acceptors (Lipinski definition) is 6. The van der Waals surface area contributed by atoms with Gasteiger partial charge in [-0.3, -0.25) is 9.59 Å². The molecule has 0 bridgehead atoms. The monoisotopic (exact) mass is 371 g/mol. The van der Waals surface area contributed by atoms with Gasteiger partial charge in [0.25, 0.3) is 0 Å². The van der Waals surface area contributed by atoms with E-state index in [4.69, 9.17) is 14.2 Å². The quantitative estimate of drug-likeness (QED) is 0.505. The highest BCUT2D eigenvalue weighted by Gasteiger charge is 2.52. The Kier molecular flexibility index (Phi) is 7.47. The van der Waals surface area contributed by atoms with Crippen molar-refractivity contribution in [2.45, 2.75) is 59.5 Å². The summed E-state index contributed by atoms with van der Waals surface area (Å²) in [6, 6.07) is 0. The van der Waals surface area contributed by atoms with Crippen LogP contribution in [0.25, 0.3) is 0 Å². The maximum Gasteiger partial charge on any atom is 0.410 e. The van der Waals surface area contributed by atoms with E-state index in [9.17, 15) is 14.4 Å². The molecule has 1 heterocycles. The fourth-order valence-electron chi connectivity index (χ4n) is 3.28. The van der Waals surface area contributed by atoms with Crippen LogP contribution in [0.15, 0.2) is 0 Å². The molecule has 0 spiro atoms. The predicted molar refractivity (Wildman–Crippen MR) is 96.5 cm³/mol. The van der Waals surface area contributed by atoms with Crippen molar-refractivity contribution in [2.24, 2.45) is 17.3 Å². The number of nitrogens with zero attached hydrogens (tertiary/aromatic N) is 1. The smallest absolute Gasteiger partial charge is 0.410 e. The van der Waals surface area contributed by atoms with Gasteiger partial charge in [-0.15, -0.1) is 0 Å². The molecule has 0 aromatic rings. The van der Waals surface area contributed by atoms with Gasteiger partial charge in [0.15, 0.2) is 0 Å². The summed E-state index contributed by atoms with van der Waals surface area (Å²) in [7, 11) is 2.74. The molecule has 1 saturated heterocycles. The highest BCUT2D eigenvalue weighted by Crippen LogP contribution is 2.38. The number of ether oxygens (including phenoxy) is 3. The van der Waals surface area contributed by atoms with Gasteiger partial charge in [-0.25, -0.2) is 4.79 Å². The van der Waals surface area contributed by atoms with Crippen molar-refractivity contribution >= 4 is 18.0 Å². The normalized spacial score (nSPS) is 17.3. The maximum atomic E-state index is 12.3. The molecule has 7 nitrogen and oxygen atoms in total. The number of methoxy groups -OCH3 is 2. The second-order valence-corrected chi connectivity index (χ2v) is 8.37. The van der Waals surface area contributed by atoms with Crippen LogP contribution in [0, 0.1) is 17.3 Å². The molecule has 1 aliphatic heterocycles. The molecule has 0 radical (unpaired) electrons. The zero-order chi connectivity index (χ0) is 20.1. The Bertz CT molecular complexity index is 517. The second-order valence-electron chi connectivity index (χ2n) is 8.37. The minimum atomic E-state index is -0.719. The first kappa shape index (κ1) is 22.3. The Balaban J connectivity index is 2.66. The van der Waals surface area contributed by atoms with E-state index in [1.807, 2.05) is 13.8 Å². The summed E-state index contributed by atoms with van der Waals surface area (Å²) in [4.78, 5) is 37.8. The first-order valence-corrected chi connectivity index (χ1v) is 9.10. The van der Waals surface area contributed by atoms with Crippen LogP contribution in [0.4, 0.5) is 4.79 Å². The lowest BCUT2D eigenvalue weighted by Crippen LogP contribution is -2.63. The van der Waals surface area contributed by atoms with Crippen LogP contribution >= 0.6 is 0 Å². The van der Waals surface area contributed by atoms with E-state index in [0.717, 1.165) is 0 Å². The van der Waals surface area contributed by atoms with Crippen molar-refractivity contribution < 1.29 is 28.6 Å². The molecule has 7 heteroatoms.